The molecule has 0 aliphatic carbocycles. The lowest BCUT2D eigenvalue weighted by Gasteiger charge is -2.33. The Kier molecular flexibility index (Phi) is 5.17. The summed E-state index contributed by atoms with van der Waals surface area (Å²) in [5, 5.41) is 3.19. The van der Waals surface area contributed by atoms with E-state index in [1.807, 2.05) is 4.90 Å². The highest BCUT2D eigenvalue weighted by molar-refractivity contribution is 7.89. The maximum absolute atomic E-state index is 12.9. The lowest BCUT2D eigenvalue weighted by atomic mass is 10.0. The topological polar surface area (TPSA) is 78.5 Å². The van der Waals surface area contributed by atoms with E-state index in [2.05, 4.69) is 10.0 Å². The molecule has 1 aromatic rings. The van der Waals surface area contributed by atoms with Crippen LogP contribution in [0.2, 0.25) is 0 Å². The Hall–Kier alpha value is -1.51. The predicted octanol–water partition coefficient (Wildman–Crippen LogP) is 0.704. The number of nitrogens with one attached hydrogen (secondary N) is 2. The molecule has 2 aliphatic heterocycles. The summed E-state index contributed by atoms with van der Waals surface area (Å²) < 4.78 is 40.2. The first kappa shape index (κ1) is 17.3. The largest absolute Gasteiger partial charge is 0.342 e. The van der Waals surface area contributed by atoms with E-state index in [4.69, 9.17) is 0 Å². The number of nitrogens with zero attached hydrogens (tertiary/aromatic N) is 1. The molecular formula is C16H22FN3O3S. The lowest BCUT2D eigenvalue weighted by molar-refractivity contribution is -0.135. The summed E-state index contributed by atoms with van der Waals surface area (Å²) in [5.74, 6) is -0.250. The van der Waals surface area contributed by atoms with E-state index in [-0.39, 0.29) is 22.8 Å². The number of hydrogen-bond acceptors (Lipinski definition) is 4. The van der Waals surface area contributed by atoms with Crippen LogP contribution in [0.25, 0.3) is 0 Å². The second-order valence-electron chi connectivity index (χ2n) is 6.36. The van der Waals surface area contributed by atoms with Gasteiger partial charge in [-0.05, 0) is 50.1 Å². The van der Waals surface area contributed by atoms with E-state index >= 15 is 0 Å². The normalized spacial score (nSPS) is 22.7. The van der Waals surface area contributed by atoms with Gasteiger partial charge < -0.3 is 10.2 Å². The van der Waals surface area contributed by atoms with Gasteiger partial charge in [0.05, 0.1) is 10.8 Å². The van der Waals surface area contributed by atoms with Crippen LogP contribution in [-0.2, 0) is 14.8 Å². The summed E-state index contributed by atoms with van der Waals surface area (Å²) in [6, 6.07) is 4.56. The molecule has 0 bridgehead atoms. The first-order valence-corrected chi connectivity index (χ1v) is 9.71. The highest BCUT2D eigenvalue weighted by atomic mass is 32.2. The third-order valence-electron chi connectivity index (χ3n) is 4.66. The van der Waals surface area contributed by atoms with Crippen molar-refractivity contribution in [1.29, 1.82) is 0 Å². The van der Waals surface area contributed by atoms with Gasteiger partial charge in [0.2, 0.25) is 15.9 Å². The molecule has 2 heterocycles. The summed E-state index contributed by atoms with van der Waals surface area (Å²) in [4.78, 5) is 14.2. The fourth-order valence-corrected chi connectivity index (χ4v) is 4.55. The van der Waals surface area contributed by atoms with Crippen LogP contribution in [0.15, 0.2) is 29.2 Å². The Morgan fingerprint density at radius 3 is 2.42 bits per heavy atom. The van der Waals surface area contributed by atoms with Gasteiger partial charge in [0, 0.05) is 25.7 Å². The van der Waals surface area contributed by atoms with Crippen molar-refractivity contribution in [2.24, 2.45) is 5.92 Å². The Morgan fingerprint density at radius 1 is 1.17 bits per heavy atom. The molecule has 2 N–H and O–H groups in total. The number of hydrogen-bond donors (Lipinski definition) is 2. The first-order chi connectivity index (χ1) is 11.5. The van der Waals surface area contributed by atoms with E-state index < -0.39 is 15.8 Å². The van der Waals surface area contributed by atoms with Gasteiger partial charge in [-0.1, -0.05) is 0 Å². The molecule has 3 rings (SSSR count). The molecule has 1 unspecified atom stereocenters. The summed E-state index contributed by atoms with van der Waals surface area (Å²) >= 11 is 0. The number of piperidine rings is 1. The molecule has 1 aromatic carbocycles. The van der Waals surface area contributed by atoms with E-state index in [1.54, 1.807) is 0 Å². The van der Waals surface area contributed by atoms with Crippen molar-refractivity contribution in [1.82, 2.24) is 14.9 Å². The summed E-state index contributed by atoms with van der Waals surface area (Å²) in [6.45, 7) is 2.73. The zero-order chi connectivity index (χ0) is 17.2. The molecule has 2 saturated heterocycles. The maximum Gasteiger partial charge on any atom is 0.240 e. The first-order valence-electron chi connectivity index (χ1n) is 8.23. The number of rotatable bonds is 4. The third kappa shape index (κ3) is 3.93. The molecule has 2 fully saturated rings. The van der Waals surface area contributed by atoms with Crippen molar-refractivity contribution >= 4 is 15.9 Å². The van der Waals surface area contributed by atoms with Gasteiger partial charge in [-0.25, -0.2) is 17.5 Å². The highest BCUT2D eigenvalue weighted by Gasteiger charge is 2.31. The van der Waals surface area contributed by atoms with Crippen LogP contribution >= 0.6 is 0 Å². The zero-order valence-electron chi connectivity index (χ0n) is 13.4. The highest BCUT2D eigenvalue weighted by Crippen LogP contribution is 2.19. The van der Waals surface area contributed by atoms with Gasteiger partial charge in [0.25, 0.3) is 0 Å². The predicted molar refractivity (Wildman–Crippen MR) is 87.3 cm³/mol. The van der Waals surface area contributed by atoms with Gasteiger partial charge in [0.1, 0.15) is 5.82 Å². The van der Waals surface area contributed by atoms with Crippen molar-refractivity contribution in [2.45, 2.75) is 30.2 Å². The van der Waals surface area contributed by atoms with Crippen molar-refractivity contribution in [3.05, 3.63) is 30.1 Å². The maximum atomic E-state index is 12.9. The molecule has 0 radical (unpaired) electrons. The zero-order valence-corrected chi connectivity index (χ0v) is 14.2. The monoisotopic (exact) mass is 355 g/mol. The minimum Gasteiger partial charge on any atom is -0.342 e. The summed E-state index contributed by atoms with van der Waals surface area (Å²) in [7, 11) is -3.66. The van der Waals surface area contributed by atoms with Crippen LogP contribution in [0.3, 0.4) is 0 Å². The molecule has 1 amide bonds. The van der Waals surface area contributed by atoms with E-state index in [9.17, 15) is 17.6 Å². The summed E-state index contributed by atoms with van der Waals surface area (Å²) in [6.07, 6.45) is 2.05. The number of benzene rings is 1. The molecule has 2 aliphatic rings. The van der Waals surface area contributed by atoms with Crippen molar-refractivity contribution in [2.75, 3.05) is 26.2 Å². The molecule has 0 saturated carbocycles. The second-order valence-corrected chi connectivity index (χ2v) is 8.08. The molecule has 6 nitrogen and oxygen atoms in total. The van der Waals surface area contributed by atoms with Crippen LogP contribution in [-0.4, -0.2) is 51.4 Å². The number of halogens is 1. The Labute approximate surface area is 141 Å². The van der Waals surface area contributed by atoms with Crippen molar-refractivity contribution in [3.8, 4) is 0 Å². The third-order valence-corrected chi connectivity index (χ3v) is 6.20. The van der Waals surface area contributed by atoms with Gasteiger partial charge in [-0.2, -0.15) is 0 Å². The van der Waals surface area contributed by atoms with E-state index in [1.165, 1.54) is 12.1 Å². The van der Waals surface area contributed by atoms with E-state index in [0.717, 1.165) is 31.6 Å². The van der Waals surface area contributed by atoms with Crippen molar-refractivity contribution in [3.63, 3.8) is 0 Å². The molecule has 0 aromatic heterocycles. The summed E-state index contributed by atoms with van der Waals surface area (Å²) in [5.41, 5.74) is 0. The molecule has 132 valence electrons. The minimum atomic E-state index is -3.66. The van der Waals surface area contributed by atoms with Crippen LogP contribution in [0, 0.1) is 11.7 Å². The minimum absolute atomic E-state index is 0.0532. The fraction of sp³-hybridized carbons (Fsp3) is 0.562. The molecule has 0 spiro atoms. The number of sulfonamides is 1. The quantitative estimate of drug-likeness (QED) is 0.834. The van der Waals surface area contributed by atoms with E-state index in [0.29, 0.717) is 25.9 Å². The average molecular weight is 355 g/mol. The Bertz CT molecular complexity index is 679. The van der Waals surface area contributed by atoms with Gasteiger partial charge in [-0.3, -0.25) is 4.79 Å². The number of amides is 1. The molecular weight excluding hydrogens is 333 g/mol. The van der Waals surface area contributed by atoms with Crippen LogP contribution in [0.4, 0.5) is 4.39 Å². The second kappa shape index (κ2) is 7.16. The fourth-order valence-electron chi connectivity index (χ4n) is 3.24. The smallest absolute Gasteiger partial charge is 0.240 e. The SMILES string of the molecule is O=C(C1CCNC1)N1CCC(NS(=O)(=O)c2ccc(F)cc2)CC1. The Balaban J connectivity index is 1.55. The van der Waals surface area contributed by atoms with Gasteiger partial charge in [0.15, 0.2) is 0 Å². The number of carbonyl (C=O) groups excluding carboxylic acids is 1. The number of carbonyl (C=O) groups is 1. The number of likely N-dealkylation sites (tertiary alicyclic amines) is 1. The van der Waals surface area contributed by atoms with Gasteiger partial charge in [-0.15, -0.1) is 0 Å². The molecule has 1 atom stereocenters. The van der Waals surface area contributed by atoms with Crippen LogP contribution in [0.5, 0.6) is 0 Å². The van der Waals surface area contributed by atoms with Crippen molar-refractivity contribution < 1.29 is 17.6 Å². The molecule has 24 heavy (non-hydrogen) atoms. The standard InChI is InChI=1S/C16H22FN3O3S/c17-13-1-3-15(4-2-13)24(22,23)19-14-6-9-20(10-7-14)16(21)12-5-8-18-11-12/h1-4,12,14,18-19H,5-11H2. The van der Waals surface area contributed by atoms with Gasteiger partial charge >= 0.3 is 0 Å². The Morgan fingerprint density at radius 2 is 1.83 bits per heavy atom. The lowest BCUT2D eigenvalue weighted by Crippen LogP contribution is -2.48. The van der Waals surface area contributed by atoms with Crippen LogP contribution in [0.1, 0.15) is 19.3 Å². The van der Waals surface area contributed by atoms with Crippen LogP contribution < -0.4 is 10.0 Å². The average Bonchev–Trinajstić information content (AvgIpc) is 3.09. The molecule has 8 heteroatoms.